The molecule has 1 amide bonds. The smallest absolute Gasteiger partial charge is 0.416 e. The zero-order chi connectivity index (χ0) is 23.5. The first-order valence-corrected chi connectivity index (χ1v) is 8.85. The molecular formula is C21H15F4N3O4. The number of methoxy groups -OCH3 is 1. The van der Waals surface area contributed by atoms with E-state index < -0.39 is 46.5 Å². The second-order valence-corrected chi connectivity index (χ2v) is 6.30. The second kappa shape index (κ2) is 8.92. The van der Waals surface area contributed by atoms with E-state index in [1.54, 1.807) is 0 Å². The summed E-state index contributed by atoms with van der Waals surface area (Å²) in [4.78, 5) is 12.6. The summed E-state index contributed by atoms with van der Waals surface area (Å²) in [6, 6.07) is 8.43. The molecule has 0 spiro atoms. The van der Waals surface area contributed by atoms with Crippen LogP contribution in [-0.4, -0.2) is 24.8 Å². The van der Waals surface area contributed by atoms with Crippen molar-refractivity contribution >= 4 is 23.4 Å². The molecule has 2 aromatic carbocycles. The number of amides is 1. The number of ether oxygens (including phenoxy) is 2. The first-order valence-electron chi connectivity index (χ1n) is 8.85. The lowest BCUT2D eigenvalue weighted by Gasteiger charge is -2.14. The number of furan rings is 1. The van der Waals surface area contributed by atoms with Gasteiger partial charge in [-0.15, -0.1) is 0 Å². The van der Waals surface area contributed by atoms with Crippen molar-refractivity contribution < 1.29 is 36.2 Å². The van der Waals surface area contributed by atoms with E-state index in [9.17, 15) is 22.4 Å². The largest absolute Gasteiger partial charge is 0.496 e. The van der Waals surface area contributed by atoms with Gasteiger partial charge in [-0.1, -0.05) is 0 Å². The Kier molecular flexibility index (Phi) is 6.28. The van der Waals surface area contributed by atoms with Crippen molar-refractivity contribution in [3.63, 3.8) is 0 Å². The fraction of sp³-hybridized carbons (Fsp3) is 0.0952. The van der Waals surface area contributed by atoms with E-state index in [1.165, 1.54) is 31.6 Å². The maximum Gasteiger partial charge on any atom is 0.416 e. The summed E-state index contributed by atoms with van der Waals surface area (Å²) in [5.74, 6) is -3.05. The van der Waals surface area contributed by atoms with Crippen LogP contribution in [0.25, 0.3) is 0 Å². The number of nitrogens with one attached hydrogen (secondary N) is 3. The predicted molar refractivity (Wildman–Crippen MR) is 106 cm³/mol. The normalized spacial score (nSPS) is 11.0. The van der Waals surface area contributed by atoms with E-state index >= 15 is 0 Å². The summed E-state index contributed by atoms with van der Waals surface area (Å²) in [6.07, 6.45) is -3.39. The molecule has 0 bridgehead atoms. The van der Waals surface area contributed by atoms with Crippen LogP contribution in [0.5, 0.6) is 5.75 Å². The molecule has 0 aliphatic rings. The fourth-order valence-electron chi connectivity index (χ4n) is 2.63. The third-order valence-corrected chi connectivity index (χ3v) is 4.20. The van der Waals surface area contributed by atoms with Gasteiger partial charge in [0.15, 0.2) is 5.76 Å². The highest BCUT2D eigenvalue weighted by Gasteiger charge is 2.32. The van der Waals surface area contributed by atoms with Gasteiger partial charge in [0, 0.05) is 5.56 Å². The van der Waals surface area contributed by atoms with Crippen LogP contribution in [0, 0.1) is 16.6 Å². The average molecular weight is 449 g/mol. The summed E-state index contributed by atoms with van der Waals surface area (Å²) in [5.41, 5.74) is -1.96. The standard InChI is InChI=1S/C21H15F4N3O4/c1-30-16-7-5-12(21(23,24)25)10-13(16)20(29)28-15-9-11(4-6-14(15)22)18(26)32-19(27)17-3-2-8-31-17/h2-10,26-27H,1H3,(H,28,29). The highest BCUT2D eigenvalue weighted by molar-refractivity contribution is 6.08. The molecule has 0 unspecified atom stereocenters. The highest BCUT2D eigenvalue weighted by Crippen LogP contribution is 2.33. The van der Waals surface area contributed by atoms with Gasteiger partial charge in [0.25, 0.3) is 11.8 Å². The molecule has 166 valence electrons. The predicted octanol–water partition coefficient (Wildman–Crippen LogP) is 5.07. The average Bonchev–Trinajstić information content (AvgIpc) is 3.29. The first kappa shape index (κ1) is 22.5. The summed E-state index contributed by atoms with van der Waals surface area (Å²) >= 11 is 0. The minimum absolute atomic E-state index is 0.00554. The molecule has 0 atom stereocenters. The van der Waals surface area contributed by atoms with Crippen LogP contribution >= 0.6 is 0 Å². The van der Waals surface area contributed by atoms with Crippen molar-refractivity contribution in [1.82, 2.24) is 0 Å². The maximum atomic E-state index is 14.3. The van der Waals surface area contributed by atoms with Crippen molar-refractivity contribution in [2.45, 2.75) is 6.18 Å². The van der Waals surface area contributed by atoms with E-state index in [-0.39, 0.29) is 17.1 Å². The lowest BCUT2D eigenvalue weighted by Crippen LogP contribution is -2.17. The Hall–Kier alpha value is -4.15. The van der Waals surface area contributed by atoms with Crippen LogP contribution in [0.4, 0.5) is 23.2 Å². The summed E-state index contributed by atoms with van der Waals surface area (Å²) < 4.78 is 68.2. The van der Waals surface area contributed by atoms with Crippen molar-refractivity contribution in [2.75, 3.05) is 12.4 Å². The Labute approximate surface area is 178 Å². The molecular weight excluding hydrogens is 434 g/mol. The quantitative estimate of drug-likeness (QED) is 0.287. The van der Waals surface area contributed by atoms with Crippen LogP contribution in [-0.2, 0) is 10.9 Å². The molecule has 0 aliphatic heterocycles. The molecule has 0 radical (unpaired) electrons. The first-order chi connectivity index (χ1) is 15.1. The van der Waals surface area contributed by atoms with Gasteiger partial charge in [0.1, 0.15) is 11.6 Å². The molecule has 0 aliphatic carbocycles. The molecule has 3 rings (SSSR count). The van der Waals surface area contributed by atoms with Gasteiger partial charge in [-0.25, -0.2) is 4.39 Å². The number of halogens is 4. The van der Waals surface area contributed by atoms with Crippen molar-refractivity contribution in [3.05, 3.63) is 83.1 Å². The molecule has 3 aromatic rings. The zero-order valence-corrected chi connectivity index (χ0v) is 16.3. The van der Waals surface area contributed by atoms with E-state index in [4.69, 9.17) is 24.7 Å². The molecule has 0 saturated heterocycles. The van der Waals surface area contributed by atoms with Crippen LogP contribution in [0.1, 0.15) is 27.2 Å². The van der Waals surface area contributed by atoms with Gasteiger partial charge in [-0.3, -0.25) is 15.6 Å². The van der Waals surface area contributed by atoms with Crippen LogP contribution in [0.3, 0.4) is 0 Å². The van der Waals surface area contributed by atoms with Gasteiger partial charge in [0.05, 0.1) is 30.2 Å². The van der Waals surface area contributed by atoms with Gasteiger partial charge >= 0.3 is 6.18 Å². The minimum atomic E-state index is -4.70. The number of carbonyl (C=O) groups excluding carboxylic acids is 1. The van der Waals surface area contributed by atoms with Gasteiger partial charge < -0.3 is 19.2 Å². The van der Waals surface area contributed by atoms with E-state index in [0.29, 0.717) is 6.07 Å². The van der Waals surface area contributed by atoms with Crippen LogP contribution in [0.15, 0.2) is 59.2 Å². The number of hydrogen-bond donors (Lipinski definition) is 3. The summed E-state index contributed by atoms with van der Waals surface area (Å²) in [5, 5.41) is 17.9. The Morgan fingerprint density at radius 2 is 1.81 bits per heavy atom. The Balaban J connectivity index is 1.84. The molecule has 7 nitrogen and oxygen atoms in total. The Morgan fingerprint density at radius 1 is 1.06 bits per heavy atom. The minimum Gasteiger partial charge on any atom is -0.496 e. The molecule has 1 aromatic heterocycles. The lowest BCUT2D eigenvalue weighted by atomic mass is 10.1. The molecule has 0 saturated carbocycles. The Morgan fingerprint density at radius 3 is 2.44 bits per heavy atom. The molecule has 11 heteroatoms. The van der Waals surface area contributed by atoms with Crippen molar-refractivity contribution in [2.24, 2.45) is 0 Å². The van der Waals surface area contributed by atoms with E-state index in [0.717, 1.165) is 24.3 Å². The van der Waals surface area contributed by atoms with Crippen molar-refractivity contribution in [3.8, 4) is 5.75 Å². The molecule has 32 heavy (non-hydrogen) atoms. The summed E-state index contributed by atoms with van der Waals surface area (Å²) in [6.45, 7) is 0. The number of benzene rings is 2. The van der Waals surface area contributed by atoms with Crippen LogP contribution < -0.4 is 10.1 Å². The fourth-order valence-corrected chi connectivity index (χ4v) is 2.63. The van der Waals surface area contributed by atoms with Gasteiger partial charge in [-0.05, 0) is 48.5 Å². The number of rotatable bonds is 5. The third-order valence-electron chi connectivity index (χ3n) is 4.20. The highest BCUT2D eigenvalue weighted by atomic mass is 19.4. The second-order valence-electron chi connectivity index (χ2n) is 6.30. The number of hydrogen-bond acceptors (Lipinski definition) is 6. The molecule has 1 heterocycles. The number of alkyl halides is 3. The number of carbonyl (C=O) groups is 1. The van der Waals surface area contributed by atoms with Gasteiger partial charge in [-0.2, -0.15) is 13.2 Å². The van der Waals surface area contributed by atoms with Crippen molar-refractivity contribution in [1.29, 1.82) is 10.8 Å². The van der Waals surface area contributed by atoms with E-state index in [2.05, 4.69) is 5.32 Å². The molecule has 3 N–H and O–H groups in total. The lowest BCUT2D eigenvalue weighted by molar-refractivity contribution is -0.137. The van der Waals surface area contributed by atoms with Gasteiger partial charge in [0.2, 0.25) is 5.90 Å². The van der Waals surface area contributed by atoms with E-state index in [1.807, 2.05) is 0 Å². The third kappa shape index (κ3) is 4.94. The zero-order valence-electron chi connectivity index (χ0n) is 16.3. The SMILES string of the molecule is COc1ccc(C(F)(F)F)cc1C(=O)Nc1cc(C(=N)OC(=N)c2ccco2)ccc1F. The Bertz CT molecular complexity index is 1170. The topological polar surface area (TPSA) is 108 Å². The molecule has 0 fully saturated rings. The summed E-state index contributed by atoms with van der Waals surface area (Å²) in [7, 11) is 1.17. The maximum absolute atomic E-state index is 14.3. The monoisotopic (exact) mass is 449 g/mol. The number of anilines is 1. The van der Waals surface area contributed by atoms with Crippen LogP contribution in [0.2, 0.25) is 0 Å².